The average molecular weight is 244 g/mol. The van der Waals surface area contributed by atoms with Gasteiger partial charge in [0.25, 0.3) is 0 Å². The minimum atomic E-state index is 1.06. The highest BCUT2D eigenvalue weighted by Crippen LogP contribution is 2.23. The van der Waals surface area contributed by atoms with Crippen LogP contribution in [-0.4, -0.2) is 11.5 Å². The molecule has 2 aromatic rings. The average Bonchev–Trinajstić information content (AvgIpc) is 2.89. The third-order valence-electron chi connectivity index (χ3n) is 3.22. The minimum Gasteiger partial charge on any atom is -0.385 e. The van der Waals surface area contributed by atoms with Crippen molar-refractivity contribution < 1.29 is 0 Å². The lowest BCUT2D eigenvalue weighted by molar-refractivity contribution is 0.825. The van der Waals surface area contributed by atoms with Crippen LogP contribution in [0, 0.1) is 0 Å². The molecule has 2 nitrogen and oxygen atoms in total. The molecule has 1 aromatic carbocycles. The highest BCUT2D eigenvalue weighted by molar-refractivity contribution is 7.09. The first-order chi connectivity index (χ1) is 8.42. The molecule has 1 aromatic heterocycles. The molecule has 0 saturated carbocycles. The zero-order chi connectivity index (χ0) is 11.5. The van der Waals surface area contributed by atoms with Crippen LogP contribution in [0.15, 0.2) is 29.8 Å². The number of thiazole rings is 1. The van der Waals surface area contributed by atoms with Gasteiger partial charge in [0, 0.05) is 30.2 Å². The molecule has 0 saturated heterocycles. The summed E-state index contributed by atoms with van der Waals surface area (Å²) in [6.07, 6.45) is 6.51. The van der Waals surface area contributed by atoms with E-state index in [1.165, 1.54) is 34.7 Å². The highest BCUT2D eigenvalue weighted by atomic mass is 32.1. The van der Waals surface area contributed by atoms with Gasteiger partial charge < -0.3 is 5.32 Å². The van der Waals surface area contributed by atoms with Gasteiger partial charge in [-0.05, 0) is 36.5 Å². The van der Waals surface area contributed by atoms with Crippen LogP contribution in [0.3, 0.4) is 0 Å². The van der Waals surface area contributed by atoms with Crippen LogP contribution in [0.4, 0.5) is 5.69 Å². The van der Waals surface area contributed by atoms with Gasteiger partial charge in [0.05, 0.1) is 5.01 Å². The Kier molecular flexibility index (Phi) is 3.10. The molecule has 3 rings (SSSR count). The van der Waals surface area contributed by atoms with Crippen LogP contribution in [-0.2, 0) is 19.3 Å². The van der Waals surface area contributed by atoms with Crippen LogP contribution < -0.4 is 5.32 Å². The third-order valence-corrected chi connectivity index (χ3v) is 4.06. The van der Waals surface area contributed by atoms with Crippen LogP contribution in [0.5, 0.6) is 0 Å². The number of nitrogens with zero attached hydrogens (tertiary/aromatic N) is 1. The van der Waals surface area contributed by atoms with Gasteiger partial charge in [0.1, 0.15) is 0 Å². The van der Waals surface area contributed by atoms with E-state index in [0.717, 1.165) is 19.4 Å². The predicted molar refractivity (Wildman–Crippen MR) is 72.8 cm³/mol. The summed E-state index contributed by atoms with van der Waals surface area (Å²) in [7, 11) is 0. The van der Waals surface area contributed by atoms with Crippen LogP contribution >= 0.6 is 11.3 Å². The van der Waals surface area contributed by atoms with Crippen molar-refractivity contribution in [3.63, 3.8) is 0 Å². The molecule has 0 unspecified atom stereocenters. The number of rotatable bonds is 3. The zero-order valence-corrected chi connectivity index (χ0v) is 10.6. The summed E-state index contributed by atoms with van der Waals surface area (Å²) in [5, 5.41) is 6.73. The molecule has 0 bridgehead atoms. The lowest BCUT2D eigenvalue weighted by Crippen LogP contribution is -2.11. The topological polar surface area (TPSA) is 24.9 Å². The van der Waals surface area contributed by atoms with Crippen molar-refractivity contribution in [2.45, 2.75) is 25.7 Å². The lowest BCUT2D eigenvalue weighted by atomic mass is 9.99. The van der Waals surface area contributed by atoms with Crippen molar-refractivity contribution in [3.8, 4) is 0 Å². The molecule has 1 N–H and O–H groups in total. The number of aryl methyl sites for hydroxylation is 3. The zero-order valence-electron chi connectivity index (χ0n) is 9.78. The number of nitrogens with one attached hydrogen (secondary N) is 1. The molecule has 2 heterocycles. The number of benzene rings is 1. The molecule has 0 radical (unpaired) electrons. The Morgan fingerprint density at radius 1 is 1.29 bits per heavy atom. The van der Waals surface area contributed by atoms with Crippen molar-refractivity contribution in [1.82, 2.24) is 4.98 Å². The molecule has 1 aliphatic rings. The van der Waals surface area contributed by atoms with E-state index in [-0.39, 0.29) is 0 Å². The van der Waals surface area contributed by atoms with Crippen molar-refractivity contribution in [2.75, 3.05) is 11.9 Å². The Morgan fingerprint density at radius 3 is 3.18 bits per heavy atom. The molecule has 17 heavy (non-hydrogen) atoms. The van der Waals surface area contributed by atoms with Crippen LogP contribution in [0.25, 0.3) is 0 Å². The maximum Gasteiger partial charge on any atom is 0.0928 e. The predicted octanol–water partition coefficient (Wildman–Crippen LogP) is 3.29. The Labute approximate surface area is 106 Å². The second-order valence-corrected chi connectivity index (χ2v) is 5.43. The summed E-state index contributed by atoms with van der Waals surface area (Å²) in [5.74, 6) is 0. The van der Waals surface area contributed by atoms with Crippen molar-refractivity contribution in [3.05, 3.63) is 45.9 Å². The van der Waals surface area contributed by atoms with E-state index in [2.05, 4.69) is 28.5 Å². The molecule has 0 amide bonds. The van der Waals surface area contributed by atoms with E-state index in [1.54, 1.807) is 11.3 Å². The fourth-order valence-electron chi connectivity index (χ4n) is 2.31. The summed E-state index contributed by atoms with van der Waals surface area (Å²) in [6, 6.07) is 6.82. The second kappa shape index (κ2) is 4.88. The van der Waals surface area contributed by atoms with E-state index < -0.39 is 0 Å². The smallest absolute Gasteiger partial charge is 0.0928 e. The van der Waals surface area contributed by atoms with Crippen LogP contribution in [0.2, 0.25) is 0 Å². The molecular weight excluding hydrogens is 228 g/mol. The van der Waals surface area contributed by atoms with Gasteiger partial charge in [-0.25, -0.2) is 4.98 Å². The fourth-order valence-corrected chi connectivity index (χ4v) is 2.93. The quantitative estimate of drug-likeness (QED) is 0.896. The number of fused-ring (bicyclic) bond motifs is 1. The van der Waals surface area contributed by atoms with Crippen molar-refractivity contribution in [1.29, 1.82) is 0 Å². The van der Waals surface area contributed by atoms with Crippen LogP contribution in [0.1, 0.15) is 22.6 Å². The van der Waals surface area contributed by atoms with Gasteiger partial charge in [0.15, 0.2) is 0 Å². The maximum atomic E-state index is 4.32. The summed E-state index contributed by atoms with van der Waals surface area (Å²) < 4.78 is 0. The first kappa shape index (κ1) is 10.8. The normalized spacial score (nSPS) is 14.1. The Balaban J connectivity index is 1.71. The molecule has 1 aliphatic heterocycles. The molecule has 0 spiro atoms. The molecule has 88 valence electrons. The summed E-state index contributed by atoms with van der Waals surface area (Å²) >= 11 is 1.75. The molecule has 0 fully saturated rings. The summed E-state index contributed by atoms with van der Waals surface area (Å²) in [6.45, 7) is 1.12. The standard InChI is InChI=1S/C14H16N2S/c1-2-12-10-11(3-5-13(12)15-7-1)4-6-14-16-8-9-17-14/h3,5,8-10,15H,1-2,4,6-7H2. The van der Waals surface area contributed by atoms with Crippen molar-refractivity contribution in [2.24, 2.45) is 0 Å². The van der Waals surface area contributed by atoms with E-state index in [0.29, 0.717) is 0 Å². The SMILES string of the molecule is c1csc(CCc2ccc3c(c2)CCCN3)n1. The second-order valence-electron chi connectivity index (χ2n) is 4.45. The van der Waals surface area contributed by atoms with E-state index in [4.69, 9.17) is 0 Å². The number of hydrogen-bond donors (Lipinski definition) is 1. The molecule has 0 atom stereocenters. The summed E-state index contributed by atoms with van der Waals surface area (Å²) in [5.41, 5.74) is 4.24. The number of aromatic nitrogens is 1. The fraction of sp³-hybridized carbons (Fsp3) is 0.357. The van der Waals surface area contributed by atoms with Gasteiger partial charge in [-0.3, -0.25) is 0 Å². The summed E-state index contributed by atoms with van der Waals surface area (Å²) in [4.78, 5) is 4.32. The van der Waals surface area contributed by atoms with Gasteiger partial charge in [-0.1, -0.05) is 12.1 Å². The van der Waals surface area contributed by atoms with E-state index in [1.807, 2.05) is 11.6 Å². The monoisotopic (exact) mass is 244 g/mol. The van der Waals surface area contributed by atoms with Gasteiger partial charge in [-0.2, -0.15) is 0 Å². The van der Waals surface area contributed by atoms with E-state index >= 15 is 0 Å². The largest absolute Gasteiger partial charge is 0.385 e. The molecule has 0 aliphatic carbocycles. The minimum absolute atomic E-state index is 1.06. The molecule has 3 heteroatoms. The first-order valence-corrected chi connectivity index (χ1v) is 7.04. The Hall–Kier alpha value is -1.35. The van der Waals surface area contributed by atoms with Crippen molar-refractivity contribution >= 4 is 17.0 Å². The Morgan fingerprint density at radius 2 is 2.29 bits per heavy atom. The van der Waals surface area contributed by atoms with Gasteiger partial charge in [0.2, 0.25) is 0 Å². The third kappa shape index (κ3) is 2.50. The Bertz CT molecular complexity index is 491. The lowest BCUT2D eigenvalue weighted by Gasteiger charge is -2.18. The van der Waals surface area contributed by atoms with Gasteiger partial charge in [-0.15, -0.1) is 11.3 Å². The number of anilines is 1. The maximum absolute atomic E-state index is 4.32. The van der Waals surface area contributed by atoms with Gasteiger partial charge >= 0.3 is 0 Å². The van der Waals surface area contributed by atoms with E-state index in [9.17, 15) is 0 Å². The highest BCUT2D eigenvalue weighted by Gasteiger charge is 2.08. The molecular formula is C14H16N2S. The first-order valence-electron chi connectivity index (χ1n) is 6.16. The number of hydrogen-bond acceptors (Lipinski definition) is 3.